The zero-order valence-electron chi connectivity index (χ0n) is 30.9. The molecule has 2 heteroatoms. The molecule has 0 atom stereocenters. The molecule has 1 heterocycles. The minimum Gasteiger partial charge on any atom is -0.310 e. The molecule has 56 heavy (non-hydrogen) atoms. The lowest BCUT2D eigenvalue weighted by Gasteiger charge is -2.27. The summed E-state index contributed by atoms with van der Waals surface area (Å²) in [7, 11) is 0. The molecule has 11 rings (SSSR count). The van der Waals surface area contributed by atoms with E-state index in [0.29, 0.717) is 0 Å². The van der Waals surface area contributed by atoms with Crippen molar-refractivity contribution >= 4 is 49.5 Å². The Bertz CT molecular complexity index is 3040. The summed E-state index contributed by atoms with van der Waals surface area (Å²) in [5.74, 6) is 0. The number of anilines is 3. The lowest BCUT2D eigenvalue weighted by Crippen LogP contribution is -2.11. The molecule has 0 bridgehead atoms. The van der Waals surface area contributed by atoms with Crippen molar-refractivity contribution < 1.29 is 0 Å². The fourth-order valence-corrected chi connectivity index (χ4v) is 9.13. The summed E-state index contributed by atoms with van der Waals surface area (Å²) in [6, 6.07) is 70.7. The van der Waals surface area contributed by atoms with E-state index in [1.807, 2.05) is 12.3 Å². The molecule has 10 aromatic rings. The summed E-state index contributed by atoms with van der Waals surface area (Å²) < 4.78 is 0. The van der Waals surface area contributed by atoms with Crippen LogP contribution in [-0.2, 0) is 0 Å². The van der Waals surface area contributed by atoms with Gasteiger partial charge >= 0.3 is 0 Å². The topological polar surface area (TPSA) is 16.1 Å². The van der Waals surface area contributed by atoms with E-state index in [9.17, 15) is 0 Å². The predicted molar refractivity (Wildman–Crippen MR) is 237 cm³/mol. The Morgan fingerprint density at radius 2 is 1.00 bits per heavy atom. The summed E-state index contributed by atoms with van der Waals surface area (Å²) in [6.07, 6.45) is 1.86. The van der Waals surface area contributed by atoms with Crippen molar-refractivity contribution in [3.8, 4) is 55.6 Å². The maximum atomic E-state index is 4.69. The third-order valence-electron chi connectivity index (χ3n) is 11.5. The first-order chi connectivity index (χ1) is 27.7. The van der Waals surface area contributed by atoms with Gasteiger partial charge in [0.05, 0.1) is 5.52 Å². The van der Waals surface area contributed by atoms with Crippen LogP contribution in [0, 0.1) is 6.92 Å². The summed E-state index contributed by atoms with van der Waals surface area (Å²) in [5, 5.41) is 6.27. The largest absolute Gasteiger partial charge is 0.310 e. The van der Waals surface area contributed by atoms with Gasteiger partial charge in [-0.15, -0.1) is 0 Å². The first-order valence-electron chi connectivity index (χ1n) is 19.3. The number of benzene rings is 9. The first kappa shape index (κ1) is 32.2. The summed E-state index contributed by atoms with van der Waals surface area (Å²) in [5.41, 5.74) is 18.2. The molecule has 0 spiro atoms. The van der Waals surface area contributed by atoms with E-state index in [1.165, 1.54) is 82.7 Å². The van der Waals surface area contributed by atoms with Crippen LogP contribution >= 0.6 is 0 Å². The molecule has 2 nitrogen and oxygen atoms in total. The van der Waals surface area contributed by atoms with E-state index in [2.05, 4.69) is 205 Å². The first-order valence-corrected chi connectivity index (χ1v) is 19.3. The number of pyridine rings is 1. The van der Waals surface area contributed by atoms with E-state index in [1.54, 1.807) is 0 Å². The summed E-state index contributed by atoms with van der Waals surface area (Å²) in [6.45, 7) is 2.23. The molecule has 0 unspecified atom stereocenters. The monoisotopic (exact) mass is 712 g/mol. The van der Waals surface area contributed by atoms with Crippen molar-refractivity contribution in [1.82, 2.24) is 4.98 Å². The molecule has 0 N–H and O–H groups in total. The Balaban J connectivity index is 1.12. The van der Waals surface area contributed by atoms with Crippen LogP contribution in [0.3, 0.4) is 0 Å². The number of aromatic nitrogens is 1. The van der Waals surface area contributed by atoms with E-state index in [0.717, 1.165) is 28.0 Å². The van der Waals surface area contributed by atoms with Crippen molar-refractivity contribution in [2.75, 3.05) is 4.90 Å². The van der Waals surface area contributed by atoms with Gasteiger partial charge in [0.15, 0.2) is 0 Å². The van der Waals surface area contributed by atoms with Crippen molar-refractivity contribution in [2.45, 2.75) is 6.92 Å². The molecular weight excluding hydrogens is 677 g/mol. The highest BCUT2D eigenvalue weighted by atomic mass is 15.1. The van der Waals surface area contributed by atoms with Gasteiger partial charge in [-0.2, -0.15) is 0 Å². The SMILES string of the molecule is Cc1cc(-c2ccc3c4c(cccc24)-c2c-3c(-c3ccccc3)c3ccccc3c2-c2ccccc2)ccc1N(c1ccccc1)c1ccc2cccnc2c1. The summed E-state index contributed by atoms with van der Waals surface area (Å²) in [4.78, 5) is 7.03. The van der Waals surface area contributed by atoms with Gasteiger partial charge in [-0.05, 0) is 132 Å². The number of hydrogen-bond acceptors (Lipinski definition) is 2. The van der Waals surface area contributed by atoms with Gasteiger partial charge in [-0.3, -0.25) is 4.98 Å². The fourth-order valence-electron chi connectivity index (χ4n) is 9.13. The smallest absolute Gasteiger partial charge is 0.0722 e. The van der Waals surface area contributed by atoms with Crippen LogP contribution in [0.15, 0.2) is 200 Å². The molecule has 0 saturated carbocycles. The normalized spacial score (nSPS) is 11.7. The van der Waals surface area contributed by atoms with Gasteiger partial charge in [0, 0.05) is 28.6 Å². The van der Waals surface area contributed by atoms with Gasteiger partial charge in [0.1, 0.15) is 0 Å². The third-order valence-corrected chi connectivity index (χ3v) is 11.5. The van der Waals surface area contributed by atoms with Crippen LogP contribution in [0.25, 0.3) is 88.1 Å². The standard InChI is InChI=1S/C54H36N2/c1-35-33-39(27-31-49(35)56(40-20-9-4-10-21-40)41-28-26-36-19-14-32-55-48(36)34-41)42-29-30-47-52-43(42)24-13-25-46(52)53-50(37-15-5-2-6-16-37)44-22-11-12-23-45(44)51(54(47)53)38-17-7-3-8-18-38/h2-34H,1H3. The Kier molecular flexibility index (Phi) is 7.43. The predicted octanol–water partition coefficient (Wildman–Crippen LogP) is 15.0. The quantitative estimate of drug-likeness (QED) is 0.171. The molecule has 0 amide bonds. The second-order valence-corrected chi connectivity index (χ2v) is 14.7. The number of aryl methyl sites for hydroxylation is 1. The van der Waals surface area contributed by atoms with E-state index in [4.69, 9.17) is 0 Å². The number of nitrogens with zero attached hydrogens (tertiary/aromatic N) is 2. The molecule has 1 aliphatic rings. The van der Waals surface area contributed by atoms with E-state index in [-0.39, 0.29) is 0 Å². The number of para-hydroxylation sites is 1. The van der Waals surface area contributed by atoms with Gasteiger partial charge in [0.25, 0.3) is 0 Å². The van der Waals surface area contributed by atoms with Crippen molar-refractivity contribution in [1.29, 1.82) is 0 Å². The zero-order valence-corrected chi connectivity index (χ0v) is 30.9. The Hall–Kier alpha value is -7.29. The third kappa shape index (κ3) is 5.00. The Morgan fingerprint density at radius 1 is 0.393 bits per heavy atom. The zero-order chi connectivity index (χ0) is 37.2. The van der Waals surface area contributed by atoms with Crippen LogP contribution in [0.4, 0.5) is 17.1 Å². The van der Waals surface area contributed by atoms with Crippen molar-refractivity contribution in [2.24, 2.45) is 0 Å². The second-order valence-electron chi connectivity index (χ2n) is 14.7. The van der Waals surface area contributed by atoms with Crippen LogP contribution in [0.5, 0.6) is 0 Å². The fraction of sp³-hybridized carbons (Fsp3) is 0.0185. The summed E-state index contributed by atoms with van der Waals surface area (Å²) >= 11 is 0. The highest BCUT2D eigenvalue weighted by Crippen LogP contribution is 2.58. The second kappa shape index (κ2) is 12.9. The van der Waals surface area contributed by atoms with Crippen LogP contribution in [0.1, 0.15) is 5.56 Å². The Labute approximate surface area is 326 Å². The van der Waals surface area contributed by atoms with Gasteiger partial charge in [-0.25, -0.2) is 0 Å². The lowest BCUT2D eigenvalue weighted by atomic mass is 9.82. The highest BCUT2D eigenvalue weighted by molar-refractivity contribution is 6.28. The van der Waals surface area contributed by atoms with Gasteiger partial charge in [-0.1, -0.05) is 152 Å². The Morgan fingerprint density at radius 3 is 1.68 bits per heavy atom. The molecular formula is C54H36N2. The van der Waals surface area contributed by atoms with E-state index >= 15 is 0 Å². The molecule has 262 valence electrons. The van der Waals surface area contributed by atoms with Crippen LogP contribution < -0.4 is 4.90 Å². The maximum absolute atomic E-state index is 4.69. The van der Waals surface area contributed by atoms with E-state index < -0.39 is 0 Å². The number of rotatable bonds is 6. The molecule has 0 saturated heterocycles. The maximum Gasteiger partial charge on any atom is 0.0722 e. The van der Waals surface area contributed by atoms with Gasteiger partial charge < -0.3 is 4.90 Å². The molecule has 1 aliphatic carbocycles. The highest BCUT2D eigenvalue weighted by Gasteiger charge is 2.31. The number of hydrogen-bond donors (Lipinski definition) is 0. The molecule has 0 radical (unpaired) electrons. The van der Waals surface area contributed by atoms with Crippen LogP contribution in [-0.4, -0.2) is 4.98 Å². The minimum absolute atomic E-state index is 0.979. The average molecular weight is 713 g/mol. The minimum atomic E-state index is 0.979. The van der Waals surface area contributed by atoms with Crippen LogP contribution in [0.2, 0.25) is 0 Å². The molecule has 1 aromatic heterocycles. The molecule has 9 aromatic carbocycles. The van der Waals surface area contributed by atoms with Crippen molar-refractivity contribution in [3.05, 3.63) is 206 Å². The van der Waals surface area contributed by atoms with Gasteiger partial charge in [0.2, 0.25) is 0 Å². The number of fused-ring (bicyclic) bond motifs is 5. The average Bonchev–Trinajstić information content (AvgIpc) is 3.59. The lowest BCUT2D eigenvalue weighted by molar-refractivity contribution is 1.25. The molecule has 0 fully saturated rings. The van der Waals surface area contributed by atoms with Crippen molar-refractivity contribution in [3.63, 3.8) is 0 Å². The molecule has 0 aliphatic heterocycles.